The van der Waals surface area contributed by atoms with Gasteiger partial charge in [0.1, 0.15) is 0 Å². The normalized spacial score (nSPS) is 17.9. The van der Waals surface area contributed by atoms with Crippen molar-refractivity contribution in [2.75, 3.05) is 0 Å². The first-order valence-corrected chi connectivity index (χ1v) is 7.12. The molecule has 0 spiro atoms. The summed E-state index contributed by atoms with van der Waals surface area (Å²) >= 11 is 11.8. The van der Waals surface area contributed by atoms with Gasteiger partial charge >= 0.3 is 0 Å². The molecule has 1 aliphatic rings. The van der Waals surface area contributed by atoms with Crippen LogP contribution in [0, 0.1) is 5.92 Å². The molecule has 1 aromatic rings. The highest BCUT2D eigenvalue weighted by Crippen LogP contribution is 2.28. The fourth-order valence-corrected chi connectivity index (χ4v) is 2.63. The lowest BCUT2D eigenvalue weighted by molar-refractivity contribution is -0.117. The molecule has 0 bridgehead atoms. The molecule has 6 heteroatoms. The quantitative estimate of drug-likeness (QED) is 0.849. The van der Waals surface area contributed by atoms with Gasteiger partial charge in [-0.1, -0.05) is 35.4 Å². The Kier molecular flexibility index (Phi) is 5.15. The molecule has 2 rings (SSSR count). The van der Waals surface area contributed by atoms with Crippen LogP contribution < -0.4 is 5.73 Å². The number of primary amides is 1. The fourth-order valence-electron chi connectivity index (χ4n) is 2.29. The predicted molar refractivity (Wildman–Crippen MR) is 79.5 cm³/mol. The molecule has 0 radical (unpaired) electrons. The highest BCUT2D eigenvalue weighted by Gasteiger charge is 2.18. The van der Waals surface area contributed by atoms with Crippen LogP contribution >= 0.6 is 23.2 Å². The number of hydrogen-bond donors (Lipinski definition) is 1. The summed E-state index contributed by atoms with van der Waals surface area (Å²) in [7, 11) is 0. The van der Waals surface area contributed by atoms with Crippen molar-refractivity contribution in [1.82, 2.24) is 9.97 Å². The summed E-state index contributed by atoms with van der Waals surface area (Å²) in [5.74, 6) is -0.0167. The minimum absolute atomic E-state index is 0.195. The van der Waals surface area contributed by atoms with Gasteiger partial charge < -0.3 is 5.73 Å². The summed E-state index contributed by atoms with van der Waals surface area (Å²) in [6.45, 7) is 0. The fraction of sp³-hybridized carbons (Fsp3) is 0.357. The van der Waals surface area contributed by atoms with E-state index >= 15 is 0 Å². The van der Waals surface area contributed by atoms with Crippen LogP contribution in [0.5, 0.6) is 0 Å². The zero-order valence-electron chi connectivity index (χ0n) is 10.9. The summed E-state index contributed by atoms with van der Waals surface area (Å²) in [5.41, 5.74) is 7.08. The Morgan fingerprint density at radius 3 is 3.00 bits per heavy atom. The Hall–Kier alpha value is -1.39. The van der Waals surface area contributed by atoms with E-state index in [9.17, 15) is 4.79 Å². The standard InChI is InChI=1S/C14H15Cl2N3O/c15-11-8-18-14(16)19-12(11)6-5-9-3-1-2-4-10(9)7-13(17)20/h1-2,4,8-9H,3,5-7H2,(H2,17,20). The molecule has 0 fully saturated rings. The second-order valence-corrected chi connectivity index (χ2v) is 5.46. The van der Waals surface area contributed by atoms with Crippen molar-refractivity contribution in [1.29, 1.82) is 0 Å². The molecule has 0 aliphatic heterocycles. The van der Waals surface area contributed by atoms with Gasteiger partial charge in [-0.05, 0) is 36.8 Å². The molecule has 1 atom stereocenters. The first-order valence-electron chi connectivity index (χ1n) is 6.37. The molecule has 1 unspecified atom stereocenters. The van der Waals surface area contributed by atoms with Crippen LogP contribution in [0.25, 0.3) is 0 Å². The second kappa shape index (κ2) is 6.86. The van der Waals surface area contributed by atoms with Gasteiger partial charge in [-0.3, -0.25) is 4.79 Å². The van der Waals surface area contributed by atoms with Gasteiger partial charge in [-0.15, -0.1) is 0 Å². The van der Waals surface area contributed by atoms with Crippen LogP contribution in [-0.4, -0.2) is 15.9 Å². The SMILES string of the molecule is NC(=O)CC1=CC=CCC1CCc1nc(Cl)ncc1Cl. The molecular formula is C14H15Cl2N3O. The molecule has 0 saturated heterocycles. The van der Waals surface area contributed by atoms with E-state index in [0.29, 0.717) is 17.9 Å². The van der Waals surface area contributed by atoms with Gasteiger partial charge in [0.2, 0.25) is 11.2 Å². The molecule has 0 saturated carbocycles. The van der Waals surface area contributed by atoms with Crippen molar-refractivity contribution in [2.24, 2.45) is 11.7 Å². The van der Waals surface area contributed by atoms with Gasteiger partial charge in [0.15, 0.2) is 0 Å². The van der Waals surface area contributed by atoms with Crippen LogP contribution in [0.2, 0.25) is 10.3 Å². The average Bonchev–Trinajstić information content (AvgIpc) is 2.41. The van der Waals surface area contributed by atoms with E-state index in [1.54, 1.807) is 0 Å². The van der Waals surface area contributed by atoms with Crippen molar-refractivity contribution in [3.05, 3.63) is 46.0 Å². The summed E-state index contributed by atoms with van der Waals surface area (Å²) in [6, 6.07) is 0. The second-order valence-electron chi connectivity index (χ2n) is 4.72. The molecule has 2 N–H and O–H groups in total. The number of nitrogens with two attached hydrogens (primary N) is 1. The van der Waals surface area contributed by atoms with E-state index in [0.717, 1.165) is 24.1 Å². The predicted octanol–water partition coefficient (Wildman–Crippen LogP) is 3.09. The van der Waals surface area contributed by atoms with Crippen molar-refractivity contribution < 1.29 is 4.79 Å². The third-order valence-electron chi connectivity index (χ3n) is 3.29. The van der Waals surface area contributed by atoms with Crippen LogP contribution in [0.15, 0.2) is 30.0 Å². The first kappa shape index (κ1) is 15.0. The molecule has 1 aromatic heterocycles. The van der Waals surface area contributed by atoms with Crippen LogP contribution in [0.1, 0.15) is 25.0 Å². The maximum Gasteiger partial charge on any atom is 0.222 e. The van der Waals surface area contributed by atoms with Crippen molar-refractivity contribution >= 4 is 29.1 Å². The van der Waals surface area contributed by atoms with Gasteiger partial charge in [0.05, 0.1) is 16.9 Å². The maximum absolute atomic E-state index is 11.1. The lowest BCUT2D eigenvalue weighted by atomic mass is 9.85. The summed E-state index contributed by atoms with van der Waals surface area (Å²) < 4.78 is 0. The summed E-state index contributed by atoms with van der Waals surface area (Å²) in [4.78, 5) is 19.0. The first-order chi connectivity index (χ1) is 9.56. The summed E-state index contributed by atoms with van der Waals surface area (Å²) in [5, 5.41) is 0.710. The van der Waals surface area contributed by atoms with E-state index in [-0.39, 0.29) is 17.1 Å². The van der Waals surface area contributed by atoms with Crippen molar-refractivity contribution in [3.8, 4) is 0 Å². The topological polar surface area (TPSA) is 68.9 Å². The molecule has 4 nitrogen and oxygen atoms in total. The number of hydrogen-bond acceptors (Lipinski definition) is 3. The number of halogens is 2. The molecule has 1 heterocycles. The highest BCUT2D eigenvalue weighted by atomic mass is 35.5. The molecular weight excluding hydrogens is 297 g/mol. The largest absolute Gasteiger partial charge is 0.369 e. The average molecular weight is 312 g/mol. The lowest BCUT2D eigenvalue weighted by Crippen LogP contribution is -2.17. The minimum Gasteiger partial charge on any atom is -0.369 e. The Morgan fingerprint density at radius 2 is 2.25 bits per heavy atom. The minimum atomic E-state index is -0.306. The number of carbonyl (C=O) groups excluding carboxylic acids is 1. The lowest BCUT2D eigenvalue weighted by Gasteiger charge is -2.20. The molecule has 0 aromatic carbocycles. The number of aryl methyl sites for hydroxylation is 1. The Bertz CT molecular complexity index is 570. The van der Waals surface area contributed by atoms with Crippen LogP contribution in [0.4, 0.5) is 0 Å². The van der Waals surface area contributed by atoms with Crippen LogP contribution in [0.3, 0.4) is 0 Å². The number of allylic oxidation sites excluding steroid dienone is 3. The molecule has 1 aliphatic carbocycles. The smallest absolute Gasteiger partial charge is 0.222 e. The van der Waals surface area contributed by atoms with Gasteiger partial charge in [0, 0.05) is 6.42 Å². The molecule has 1 amide bonds. The van der Waals surface area contributed by atoms with E-state index < -0.39 is 0 Å². The van der Waals surface area contributed by atoms with Crippen molar-refractivity contribution in [3.63, 3.8) is 0 Å². The van der Waals surface area contributed by atoms with E-state index in [2.05, 4.69) is 16.0 Å². The number of carbonyl (C=O) groups is 1. The van der Waals surface area contributed by atoms with Gasteiger partial charge in [-0.2, -0.15) is 0 Å². The van der Waals surface area contributed by atoms with Crippen LogP contribution in [-0.2, 0) is 11.2 Å². The number of rotatable bonds is 5. The zero-order valence-corrected chi connectivity index (χ0v) is 12.4. The number of aromatic nitrogens is 2. The zero-order chi connectivity index (χ0) is 14.5. The number of nitrogens with zero attached hydrogens (tertiary/aromatic N) is 2. The molecule has 106 valence electrons. The molecule has 20 heavy (non-hydrogen) atoms. The highest BCUT2D eigenvalue weighted by molar-refractivity contribution is 6.31. The number of amides is 1. The Morgan fingerprint density at radius 1 is 1.45 bits per heavy atom. The Labute approximate surface area is 127 Å². The summed E-state index contributed by atoms with van der Waals surface area (Å²) in [6.07, 6.45) is 10.3. The van der Waals surface area contributed by atoms with Crippen molar-refractivity contribution in [2.45, 2.75) is 25.7 Å². The monoisotopic (exact) mass is 311 g/mol. The van der Waals surface area contributed by atoms with E-state index in [1.165, 1.54) is 6.20 Å². The van der Waals surface area contributed by atoms with Gasteiger partial charge in [0.25, 0.3) is 0 Å². The third-order valence-corrected chi connectivity index (χ3v) is 3.78. The Balaban J connectivity index is 2.02. The van der Waals surface area contributed by atoms with Gasteiger partial charge in [-0.25, -0.2) is 9.97 Å². The van der Waals surface area contributed by atoms with E-state index in [4.69, 9.17) is 28.9 Å². The third kappa shape index (κ3) is 4.05. The maximum atomic E-state index is 11.1. The van der Waals surface area contributed by atoms with E-state index in [1.807, 2.05) is 12.2 Å².